The molecule has 6 heteroatoms. The van der Waals surface area contributed by atoms with Gasteiger partial charge in [0.05, 0.1) is 16.5 Å². The van der Waals surface area contributed by atoms with Gasteiger partial charge in [-0.05, 0) is 74.3 Å². The molecule has 2 aromatic carbocycles. The van der Waals surface area contributed by atoms with Crippen molar-refractivity contribution in [1.82, 2.24) is 4.98 Å². The zero-order valence-corrected chi connectivity index (χ0v) is 18.6. The van der Waals surface area contributed by atoms with Gasteiger partial charge in [-0.25, -0.2) is 4.98 Å². The van der Waals surface area contributed by atoms with Crippen molar-refractivity contribution in [3.63, 3.8) is 0 Å². The minimum absolute atomic E-state index is 0.0413. The Balaban J connectivity index is 0.000000755. The predicted molar refractivity (Wildman–Crippen MR) is 123 cm³/mol. The van der Waals surface area contributed by atoms with Crippen LogP contribution in [0, 0.1) is 11.3 Å². The maximum atomic E-state index is 9.44. The number of hydrogen-bond donors (Lipinski definition) is 1. The number of nitriles is 1. The highest BCUT2D eigenvalue weighted by atomic mass is 32.2. The molecule has 0 radical (unpaired) electrons. The molecule has 150 valence electrons. The van der Waals surface area contributed by atoms with E-state index in [-0.39, 0.29) is 6.10 Å². The number of hydrogen-bond acceptors (Lipinski definition) is 6. The maximum Gasteiger partial charge on any atom is 0.137 e. The van der Waals surface area contributed by atoms with Gasteiger partial charge in [0.15, 0.2) is 0 Å². The second kappa shape index (κ2) is 9.93. The molecule has 4 nitrogen and oxygen atoms in total. The standard InChI is InChI=1S/C22H20N2OS.CH5NS/c1-14(2)25-20-10-9-16(11-17(20)12-23)22-24-13-21(26-22)19-8-4-6-15-5-3-7-18(15)19;1-3-2/h4,6,8-11,13-14H,3,5,7H2,1-2H3;2H2,1H3. The molecule has 29 heavy (non-hydrogen) atoms. The molecule has 0 atom stereocenters. The van der Waals surface area contributed by atoms with E-state index in [9.17, 15) is 5.26 Å². The van der Waals surface area contributed by atoms with Gasteiger partial charge < -0.3 is 4.74 Å². The molecule has 2 N–H and O–H groups in total. The molecule has 1 aliphatic carbocycles. The van der Waals surface area contributed by atoms with Crippen molar-refractivity contribution in [2.75, 3.05) is 6.26 Å². The fourth-order valence-corrected chi connectivity index (χ4v) is 4.45. The molecule has 1 aliphatic rings. The number of nitrogens with zero attached hydrogens (tertiary/aromatic N) is 2. The molecule has 3 aromatic rings. The van der Waals surface area contributed by atoms with Crippen molar-refractivity contribution < 1.29 is 4.74 Å². The molecule has 0 aliphatic heterocycles. The van der Waals surface area contributed by atoms with Crippen LogP contribution in [-0.4, -0.2) is 17.3 Å². The molecular formula is C23H25N3OS2. The smallest absolute Gasteiger partial charge is 0.137 e. The largest absolute Gasteiger partial charge is 0.490 e. The van der Waals surface area contributed by atoms with Crippen molar-refractivity contribution >= 4 is 23.3 Å². The lowest BCUT2D eigenvalue weighted by atomic mass is 10.0. The summed E-state index contributed by atoms with van der Waals surface area (Å²) in [6, 6.07) is 14.5. The number of fused-ring (bicyclic) bond motifs is 1. The molecular weight excluding hydrogens is 398 g/mol. The van der Waals surface area contributed by atoms with Gasteiger partial charge in [0.1, 0.15) is 16.8 Å². The molecule has 1 heterocycles. The Labute approximate surface area is 180 Å². The number of rotatable bonds is 4. The summed E-state index contributed by atoms with van der Waals surface area (Å²) in [5.41, 5.74) is 5.76. The van der Waals surface area contributed by atoms with E-state index in [0.717, 1.165) is 17.0 Å². The Kier molecular flexibility index (Phi) is 7.32. The SMILES string of the molecule is CC(C)Oc1ccc(-c2ncc(-c3cccc4c3CCC4)s2)cc1C#N.CSN. The molecule has 0 saturated heterocycles. The minimum atomic E-state index is 0.0413. The van der Waals surface area contributed by atoms with Crippen LogP contribution in [-0.2, 0) is 12.8 Å². The van der Waals surface area contributed by atoms with E-state index in [0.29, 0.717) is 11.3 Å². The average molecular weight is 424 g/mol. The summed E-state index contributed by atoms with van der Waals surface area (Å²) in [5.74, 6) is 0.629. The van der Waals surface area contributed by atoms with Crippen molar-refractivity contribution in [3.8, 4) is 32.8 Å². The monoisotopic (exact) mass is 423 g/mol. The first-order valence-electron chi connectivity index (χ1n) is 9.58. The van der Waals surface area contributed by atoms with E-state index in [1.165, 1.54) is 46.4 Å². The van der Waals surface area contributed by atoms with Crippen LogP contribution in [0.2, 0.25) is 0 Å². The molecule has 0 spiro atoms. The third-order valence-corrected chi connectivity index (χ3v) is 5.71. The normalized spacial score (nSPS) is 12.1. The predicted octanol–water partition coefficient (Wildman–Crippen LogP) is 5.85. The van der Waals surface area contributed by atoms with E-state index in [1.807, 2.05) is 44.5 Å². The summed E-state index contributed by atoms with van der Waals surface area (Å²) < 4.78 is 5.71. The molecule has 4 rings (SSSR count). The van der Waals surface area contributed by atoms with Gasteiger partial charge >= 0.3 is 0 Å². The molecule has 0 bridgehead atoms. The van der Waals surface area contributed by atoms with Crippen LogP contribution in [0.15, 0.2) is 42.6 Å². The van der Waals surface area contributed by atoms with Gasteiger partial charge in [-0.1, -0.05) is 30.1 Å². The lowest BCUT2D eigenvalue weighted by Crippen LogP contribution is -2.06. The number of nitrogens with two attached hydrogens (primary N) is 1. The Morgan fingerprint density at radius 3 is 2.76 bits per heavy atom. The lowest BCUT2D eigenvalue weighted by molar-refractivity contribution is 0.242. The summed E-state index contributed by atoms with van der Waals surface area (Å²) in [5, 5.41) is 15.1. The second-order valence-electron chi connectivity index (χ2n) is 7.05. The Morgan fingerprint density at radius 1 is 1.24 bits per heavy atom. The summed E-state index contributed by atoms with van der Waals surface area (Å²) in [7, 11) is 0. The van der Waals surface area contributed by atoms with Crippen LogP contribution in [0.4, 0.5) is 0 Å². The van der Waals surface area contributed by atoms with E-state index in [2.05, 4.69) is 29.3 Å². The molecule has 0 fully saturated rings. The van der Waals surface area contributed by atoms with E-state index in [1.54, 1.807) is 11.3 Å². The summed E-state index contributed by atoms with van der Waals surface area (Å²) in [4.78, 5) is 5.82. The van der Waals surface area contributed by atoms with Crippen molar-refractivity contribution in [1.29, 1.82) is 5.26 Å². The van der Waals surface area contributed by atoms with Crippen LogP contribution >= 0.6 is 23.3 Å². The van der Waals surface area contributed by atoms with E-state index in [4.69, 9.17) is 9.88 Å². The van der Waals surface area contributed by atoms with E-state index >= 15 is 0 Å². The molecule has 0 amide bonds. The molecule has 1 aromatic heterocycles. The van der Waals surface area contributed by atoms with Gasteiger partial charge in [-0.15, -0.1) is 11.3 Å². The number of ether oxygens (including phenoxy) is 1. The minimum Gasteiger partial charge on any atom is -0.490 e. The van der Waals surface area contributed by atoms with Crippen LogP contribution in [0.3, 0.4) is 0 Å². The summed E-state index contributed by atoms with van der Waals surface area (Å²) >= 11 is 2.93. The van der Waals surface area contributed by atoms with Crippen LogP contribution in [0.25, 0.3) is 21.0 Å². The summed E-state index contributed by atoms with van der Waals surface area (Å²) in [6.07, 6.45) is 7.38. The third-order valence-electron chi connectivity index (χ3n) is 4.63. The second-order valence-corrected chi connectivity index (χ2v) is 8.55. The number of thiazole rings is 1. The first-order chi connectivity index (χ1) is 14.1. The van der Waals surface area contributed by atoms with Crippen LogP contribution in [0.5, 0.6) is 5.75 Å². The molecule has 0 unspecified atom stereocenters. The average Bonchev–Trinajstić information content (AvgIpc) is 3.38. The highest BCUT2D eigenvalue weighted by Gasteiger charge is 2.17. The topological polar surface area (TPSA) is 71.9 Å². The summed E-state index contributed by atoms with van der Waals surface area (Å²) in [6.45, 7) is 3.92. The highest BCUT2D eigenvalue weighted by molar-refractivity contribution is 7.96. The zero-order chi connectivity index (χ0) is 20.8. The fraction of sp³-hybridized carbons (Fsp3) is 0.304. The van der Waals surface area contributed by atoms with Crippen LogP contribution < -0.4 is 9.88 Å². The Bertz CT molecular complexity index is 1020. The lowest BCUT2D eigenvalue weighted by Gasteiger charge is -2.11. The third kappa shape index (κ3) is 4.99. The number of benzene rings is 2. The van der Waals surface area contributed by atoms with Crippen molar-refractivity contribution in [3.05, 3.63) is 59.3 Å². The first-order valence-corrected chi connectivity index (χ1v) is 11.7. The van der Waals surface area contributed by atoms with Gasteiger partial charge in [0.25, 0.3) is 0 Å². The van der Waals surface area contributed by atoms with Crippen molar-refractivity contribution in [2.24, 2.45) is 5.14 Å². The van der Waals surface area contributed by atoms with Gasteiger partial charge in [0, 0.05) is 11.8 Å². The maximum absolute atomic E-state index is 9.44. The molecule has 0 saturated carbocycles. The van der Waals surface area contributed by atoms with Gasteiger partial charge in [0.2, 0.25) is 0 Å². The number of aryl methyl sites for hydroxylation is 1. The zero-order valence-electron chi connectivity index (χ0n) is 16.9. The van der Waals surface area contributed by atoms with Gasteiger partial charge in [-0.2, -0.15) is 5.26 Å². The Hall–Kier alpha value is -2.33. The fourth-order valence-electron chi connectivity index (χ4n) is 3.49. The highest BCUT2D eigenvalue weighted by Crippen LogP contribution is 2.38. The van der Waals surface area contributed by atoms with Crippen LogP contribution in [0.1, 0.15) is 37.0 Å². The quantitative estimate of drug-likeness (QED) is 0.533. The Morgan fingerprint density at radius 2 is 2.03 bits per heavy atom. The number of aromatic nitrogens is 1. The van der Waals surface area contributed by atoms with Gasteiger partial charge in [-0.3, -0.25) is 5.14 Å². The van der Waals surface area contributed by atoms with Crippen molar-refractivity contribution in [2.45, 2.75) is 39.2 Å². The first kappa shape index (κ1) is 21.4. The van der Waals surface area contributed by atoms with E-state index < -0.39 is 0 Å².